The van der Waals surface area contributed by atoms with Gasteiger partial charge >= 0.3 is 0 Å². The number of rotatable bonds is 6. The molecule has 0 radical (unpaired) electrons. The molecule has 0 fully saturated rings. The monoisotopic (exact) mass is 227 g/mol. The molecule has 0 amide bonds. The van der Waals surface area contributed by atoms with Gasteiger partial charge in [-0.15, -0.1) is 0 Å². The Labute approximate surface area is 96.2 Å². The number of hydrogen-bond acceptors (Lipinski definition) is 3. The van der Waals surface area contributed by atoms with E-state index in [0.29, 0.717) is 5.02 Å². The van der Waals surface area contributed by atoms with Crippen LogP contribution in [0.4, 0.5) is 5.69 Å². The topological polar surface area (TPSA) is 37.0 Å². The number of aryl methyl sites for hydroxylation is 1. The van der Waals surface area contributed by atoms with Crippen molar-refractivity contribution in [2.45, 2.75) is 20.3 Å². The molecular formula is C11H18ClN3. The van der Waals surface area contributed by atoms with Crippen LogP contribution < -0.4 is 10.6 Å². The predicted molar refractivity (Wildman–Crippen MR) is 65.6 cm³/mol. The van der Waals surface area contributed by atoms with Crippen LogP contribution in [-0.4, -0.2) is 24.6 Å². The van der Waals surface area contributed by atoms with Gasteiger partial charge in [0.2, 0.25) is 0 Å². The van der Waals surface area contributed by atoms with E-state index < -0.39 is 0 Å². The predicted octanol–water partition coefficient (Wildman–Crippen LogP) is 2.45. The van der Waals surface area contributed by atoms with E-state index in [-0.39, 0.29) is 0 Å². The van der Waals surface area contributed by atoms with Crippen LogP contribution in [0.1, 0.15) is 19.0 Å². The van der Waals surface area contributed by atoms with Gasteiger partial charge in [0.05, 0.1) is 16.4 Å². The first kappa shape index (κ1) is 12.3. The summed E-state index contributed by atoms with van der Waals surface area (Å²) in [5.41, 5.74) is 1.82. The minimum absolute atomic E-state index is 0.716. The molecule has 1 aromatic rings. The molecule has 0 aliphatic carbocycles. The molecule has 0 spiro atoms. The summed E-state index contributed by atoms with van der Waals surface area (Å²) in [6, 6.07) is 1.90. The van der Waals surface area contributed by atoms with Gasteiger partial charge < -0.3 is 10.6 Å². The standard InChI is InChI=1S/C11H18ClN3/c1-3-5-13-7-8-15-10-4-6-14-9(2)11(10)12/h4,6,13H,3,5,7-8H2,1-2H3,(H,14,15). The molecule has 1 heterocycles. The Hall–Kier alpha value is -0.800. The Bertz CT molecular complexity index is 302. The second kappa shape index (κ2) is 6.64. The molecule has 0 saturated carbocycles. The van der Waals surface area contributed by atoms with Gasteiger partial charge in [0, 0.05) is 19.3 Å². The molecule has 0 aliphatic rings. The molecule has 3 nitrogen and oxygen atoms in total. The number of anilines is 1. The molecule has 1 aromatic heterocycles. The van der Waals surface area contributed by atoms with Crippen LogP contribution in [0, 0.1) is 6.92 Å². The number of hydrogen-bond donors (Lipinski definition) is 2. The summed E-state index contributed by atoms with van der Waals surface area (Å²) in [6.45, 7) is 6.95. The van der Waals surface area contributed by atoms with E-state index >= 15 is 0 Å². The minimum Gasteiger partial charge on any atom is -0.382 e. The fourth-order valence-electron chi connectivity index (χ4n) is 1.27. The van der Waals surface area contributed by atoms with Gasteiger partial charge in [0.25, 0.3) is 0 Å². The van der Waals surface area contributed by atoms with Crippen molar-refractivity contribution in [3.05, 3.63) is 23.0 Å². The quantitative estimate of drug-likeness (QED) is 0.734. The Balaban J connectivity index is 2.34. The van der Waals surface area contributed by atoms with Gasteiger partial charge in [0.15, 0.2) is 0 Å². The van der Waals surface area contributed by atoms with Crippen LogP contribution in [0.5, 0.6) is 0 Å². The first-order valence-electron chi connectivity index (χ1n) is 5.31. The SMILES string of the molecule is CCCNCCNc1ccnc(C)c1Cl. The van der Waals surface area contributed by atoms with Crippen molar-refractivity contribution in [1.29, 1.82) is 0 Å². The molecule has 0 unspecified atom stereocenters. The van der Waals surface area contributed by atoms with Gasteiger partial charge in [-0.25, -0.2) is 0 Å². The first-order valence-corrected chi connectivity index (χ1v) is 5.69. The number of nitrogens with one attached hydrogen (secondary N) is 2. The third-order valence-corrected chi connectivity index (χ3v) is 2.58. The zero-order valence-electron chi connectivity index (χ0n) is 9.31. The molecule has 4 heteroatoms. The Morgan fingerprint density at radius 2 is 2.13 bits per heavy atom. The van der Waals surface area contributed by atoms with Gasteiger partial charge in [-0.05, 0) is 26.0 Å². The molecule has 1 rings (SSSR count). The van der Waals surface area contributed by atoms with Gasteiger partial charge in [-0.1, -0.05) is 18.5 Å². The van der Waals surface area contributed by atoms with Gasteiger partial charge in [0.1, 0.15) is 0 Å². The van der Waals surface area contributed by atoms with E-state index in [4.69, 9.17) is 11.6 Å². The second-order valence-corrected chi connectivity index (χ2v) is 3.81. The van der Waals surface area contributed by atoms with E-state index in [0.717, 1.165) is 37.4 Å². The number of aromatic nitrogens is 1. The van der Waals surface area contributed by atoms with Crippen molar-refractivity contribution < 1.29 is 0 Å². The van der Waals surface area contributed by atoms with Crippen LogP contribution in [0.15, 0.2) is 12.3 Å². The molecule has 0 saturated heterocycles. The average Bonchev–Trinajstić information content (AvgIpc) is 2.24. The fourth-order valence-corrected chi connectivity index (χ4v) is 1.45. The third-order valence-electron chi connectivity index (χ3n) is 2.11. The maximum Gasteiger partial charge on any atom is 0.0849 e. The highest BCUT2D eigenvalue weighted by atomic mass is 35.5. The van der Waals surface area contributed by atoms with E-state index in [9.17, 15) is 0 Å². The van der Waals surface area contributed by atoms with Crippen molar-refractivity contribution in [2.75, 3.05) is 25.0 Å². The first-order chi connectivity index (χ1) is 7.25. The minimum atomic E-state index is 0.716. The van der Waals surface area contributed by atoms with Crippen LogP contribution in [0.25, 0.3) is 0 Å². The zero-order valence-corrected chi connectivity index (χ0v) is 10.1. The normalized spacial score (nSPS) is 10.3. The molecule has 0 atom stereocenters. The molecule has 84 valence electrons. The lowest BCUT2D eigenvalue weighted by Gasteiger charge is -2.09. The highest BCUT2D eigenvalue weighted by Crippen LogP contribution is 2.22. The van der Waals surface area contributed by atoms with Crippen molar-refractivity contribution in [3.8, 4) is 0 Å². The van der Waals surface area contributed by atoms with E-state index in [1.54, 1.807) is 6.20 Å². The van der Waals surface area contributed by atoms with E-state index in [1.807, 2.05) is 13.0 Å². The van der Waals surface area contributed by atoms with Crippen molar-refractivity contribution in [2.24, 2.45) is 0 Å². The maximum absolute atomic E-state index is 6.09. The second-order valence-electron chi connectivity index (χ2n) is 3.43. The zero-order chi connectivity index (χ0) is 11.1. The van der Waals surface area contributed by atoms with Crippen molar-refractivity contribution >= 4 is 17.3 Å². The van der Waals surface area contributed by atoms with Gasteiger partial charge in [-0.3, -0.25) is 4.98 Å². The summed E-state index contributed by atoms with van der Waals surface area (Å²) < 4.78 is 0. The molecule has 2 N–H and O–H groups in total. The number of nitrogens with zero attached hydrogens (tertiary/aromatic N) is 1. The molecule has 0 aromatic carbocycles. The van der Waals surface area contributed by atoms with Crippen molar-refractivity contribution in [3.63, 3.8) is 0 Å². The summed E-state index contributed by atoms with van der Waals surface area (Å²) in [5, 5.41) is 7.31. The highest BCUT2D eigenvalue weighted by molar-refractivity contribution is 6.33. The molecule has 15 heavy (non-hydrogen) atoms. The van der Waals surface area contributed by atoms with Crippen LogP contribution in [0.3, 0.4) is 0 Å². The van der Waals surface area contributed by atoms with Crippen LogP contribution >= 0.6 is 11.6 Å². The summed E-state index contributed by atoms with van der Waals surface area (Å²) in [4.78, 5) is 4.11. The Kier molecular flexibility index (Phi) is 5.43. The molecule has 0 aliphatic heterocycles. The lowest BCUT2D eigenvalue weighted by atomic mass is 10.3. The third kappa shape index (κ3) is 4.06. The largest absolute Gasteiger partial charge is 0.382 e. The van der Waals surface area contributed by atoms with Gasteiger partial charge in [-0.2, -0.15) is 0 Å². The smallest absolute Gasteiger partial charge is 0.0849 e. The average molecular weight is 228 g/mol. The fraction of sp³-hybridized carbons (Fsp3) is 0.545. The molecule has 0 bridgehead atoms. The van der Waals surface area contributed by atoms with Crippen LogP contribution in [0.2, 0.25) is 5.02 Å². The number of halogens is 1. The Morgan fingerprint density at radius 1 is 1.33 bits per heavy atom. The summed E-state index contributed by atoms with van der Waals surface area (Å²) in [6.07, 6.45) is 2.93. The van der Waals surface area contributed by atoms with Crippen LogP contribution in [-0.2, 0) is 0 Å². The summed E-state index contributed by atoms with van der Waals surface area (Å²) in [7, 11) is 0. The van der Waals surface area contributed by atoms with E-state index in [2.05, 4.69) is 22.5 Å². The highest BCUT2D eigenvalue weighted by Gasteiger charge is 2.01. The summed E-state index contributed by atoms with van der Waals surface area (Å²) in [5.74, 6) is 0. The lowest BCUT2D eigenvalue weighted by Crippen LogP contribution is -2.22. The molecular weight excluding hydrogens is 210 g/mol. The number of pyridine rings is 1. The Morgan fingerprint density at radius 3 is 2.87 bits per heavy atom. The maximum atomic E-state index is 6.09. The van der Waals surface area contributed by atoms with E-state index in [1.165, 1.54) is 0 Å². The van der Waals surface area contributed by atoms with Crippen molar-refractivity contribution in [1.82, 2.24) is 10.3 Å². The summed E-state index contributed by atoms with van der Waals surface area (Å²) >= 11 is 6.09. The lowest BCUT2D eigenvalue weighted by molar-refractivity contribution is 0.688.